The summed E-state index contributed by atoms with van der Waals surface area (Å²) < 4.78 is 12.1. The van der Waals surface area contributed by atoms with Gasteiger partial charge in [0.2, 0.25) is 0 Å². The highest BCUT2D eigenvalue weighted by atomic mass is 16.6. The second-order valence-electron chi connectivity index (χ2n) is 7.19. The number of aliphatic hydroxyl groups excluding tert-OH is 2. The molecule has 0 aliphatic carbocycles. The van der Waals surface area contributed by atoms with E-state index in [9.17, 15) is 20.2 Å². The Hall–Kier alpha value is -2.54. The van der Waals surface area contributed by atoms with Gasteiger partial charge in [0.15, 0.2) is 17.7 Å². The molecule has 148 valence electrons. The lowest BCUT2D eigenvalue weighted by Gasteiger charge is -2.25. The molecule has 1 saturated heterocycles. The number of hydrogen-bond donors (Lipinski definition) is 4. The van der Waals surface area contributed by atoms with Crippen molar-refractivity contribution in [2.24, 2.45) is 0 Å². The van der Waals surface area contributed by atoms with E-state index in [0.29, 0.717) is 16.2 Å². The predicted octanol–water partition coefficient (Wildman–Crippen LogP) is -0.346. The maximum Gasteiger partial charge on any atom is 0.434 e. The van der Waals surface area contributed by atoms with Crippen LogP contribution in [-0.2, 0) is 9.47 Å². The summed E-state index contributed by atoms with van der Waals surface area (Å²) in [6.45, 7) is 4.54. The van der Waals surface area contributed by atoms with E-state index >= 15 is 0 Å². The third-order valence-corrected chi connectivity index (χ3v) is 3.96. The lowest BCUT2D eigenvalue weighted by Crippen LogP contribution is -2.43. The van der Waals surface area contributed by atoms with Crippen molar-refractivity contribution in [2.75, 3.05) is 12.3 Å². The maximum atomic E-state index is 11.9. The fourth-order valence-corrected chi connectivity index (χ4v) is 2.73. The number of hydroxylamine groups is 2. The normalized spacial score (nSPS) is 25.7. The average Bonchev–Trinajstić information content (AvgIpc) is 3.11. The lowest BCUT2D eigenvalue weighted by molar-refractivity contribution is -0.129. The van der Waals surface area contributed by atoms with Crippen molar-refractivity contribution in [1.29, 1.82) is 0 Å². The van der Waals surface area contributed by atoms with Gasteiger partial charge in [0, 0.05) is 0 Å². The largest absolute Gasteiger partial charge is 0.442 e. The molecular weight excluding hydrogens is 360 g/mol. The molecule has 0 saturated carbocycles. The monoisotopic (exact) mass is 382 g/mol. The Labute approximate surface area is 154 Å². The number of nitrogens with zero attached hydrogens (tertiary/aromatic N) is 5. The zero-order chi connectivity index (χ0) is 19.9. The molecule has 1 aliphatic rings. The van der Waals surface area contributed by atoms with E-state index < -0.39 is 42.8 Å². The molecule has 27 heavy (non-hydrogen) atoms. The van der Waals surface area contributed by atoms with Gasteiger partial charge in [0.05, 0.1) is 12.9 Å². The predicted molar refractivity (Wildman–Crippen MR) is 90.4 cm³/mol. The third-order valence-electron chi connectivity index (χ3n) is 3.96. The van der Waals surface area contributed by atoms with E-state index in [1.54, 1.807) is 20.8 Å². The van der Waals surface area contributed by atoms with Crippen LogP contribution in [0.15, 0.2) is 12.7 Å². The summed E-state index contributed by atoms with van der Waals surface area (Å²) in [6, 6.07) is 0. The van der Waals surface area contributed by atoms with Crippen molar-refractivity contribution in [3.63, 3.8) is 0 Å². The molecule has 2 aromatic heterocycles. The van der Waals surface area contributed by atoms with Crippen LogP contribution >= 0.6 is 0 Å². The first-order valence-electron chi connectivity index (χ1n) is 8.22. The summed E-state index contributed by atoms with van der Waals surface area (Å²) in [5, 5.41) is 30.8. The second kappa shape index (κ2) is 6.88. The Balaban J connectivity index is 1.76. The number of anilines is 1. The van der Waals surface area contributed by atoms with Crippen molar-refractivity contribution in [3.05, 3.63) is 12.7 Å². The van der Waals surface area contributed by atoms with Gasteiger partial charge in [-0.3, -0.25) is 9.77 Å². The number of hydrogen-bond acceptors (Lipinski definition) is 10. The van der Waals surface area contributed by atoms with Gasteiger partial charge >= 0.3 is 6.09 Å². The van der Waals surface area contributed by atoms with Crippen LogP contribution in [-0.4, -0.2) is 76.6 Å². The summed E-state index contributed by atoms with van der Waals surface area (Å²) in [5.74, 6) is 0.162. The highest BCUT2D eigenvalue weighted by Gasteiger charge is 2.45. The molecule has 0 unspecified atom stereocenters. The number of carbonyl (C=O) groups excluding carboxylic acids is 1. The average molecular weight is 382 g/mol. The topological polar surface area (TPSA) is 169 Å². The molecule has 12 heteroatoms. The smallest absolute Gasteiger partial charge is 0.434 e. The molecular formula is C15H22N6O6. The molecule has 2 aromatic rings. The Morgan fingerprint density at radius 1 is 1.33 bits per heavy atom. The summed E-state index contributed by atoms with van der Waals surface area (Å²) >= 11 is 0. The van der Waals surface area contributed by atoms with Gasteiger partial charge in [0.25, 0.3) is 0 Å². The van der Waals surface area contributed by atoms with E-state index in [0.717, 1.165) is 0 Å². The number of imidazole rings is 1. The Bertz CT molecular complexity index is 836. The maximum absolute atomic E-state index is 11.9. The molecule has 12 nitrogen and oxygen atoms in total. The number of fused-ring (bicyclic) bond motifs is 1. The van der Waals surface area contributed by atoms with Crippen LogP contribution in [0.25, 0.3) is 11.2 Å². The minimum absolute atomic E-state index is 0.162. The summed E-state index contributed by atoms with van der Waals surface area (Å²) in [4.78, 5) is 23.8. The molecule has 1 amide bonds. The molecule has 0 aromatic carbocycles. The molecule has 1 fully saturated rings. The molecule has 3 rings (SSSR count). The molecule has 5 N–H and O–H groups in total. The van der Waals surface area contributed by atoms with Gasteiger partial charge in [0.1, 0.15) is 35.8 Å². The fraction of sp³-hybridized carbons (Fsp3) is 0.600. The van der Waals surface area contributed by atoms with Crippen LogP contribution in [0, 0.1) is 0 Å². The van der Waals surface area contributed by atoms with Gasteiger partial charge in [-0.2, -0.15) is 5.06 Å². The van der Waals surface area contributed by atoms with E-state index in [4.69, 9.17) is 15.2 Å². The zero-order valence-corrected chi connectivity index (χ0v) is 15.1. The molecule has 4 atom stereocenters. The Morgan fingerprint density at radius 2 is 2.04 bits per heavy atom. The van der Waals surface area contributed by atoms with Crippen LogP contribution in [0.2, 0.25) is 0 Å². The molecule has 0 spiro atoms. The van der Waals surface area contributed by atoms with Gasteiger partial charge in [-0.1, -0.05) is 0 Å². The van der Waals surface area contributed by atoms with E-state index in [-0.39, 0.29) is 5.82 Å². The van der Waals surface area contributed by atoms with E-state index in [2.05, 4.69) is 15.0 Å². The fourth-order valence-electron chi connectivity index (χ4n) is 2.73. The first kappa shape index (κ1) is 19.2. The van der Waals surface area contributed by atoms with Crippen LogP contribution in [0.5, 0.6) is 0 Å². The SMILES string of the molecule is CC(C)(C)OC(=O)N(O)C[C@H]1O[C@@H](n2cnc3c(N)ncnc32)[C@H](O)[C@@H]1O. The highest BCUT2D eigenvalue weighted by molar-refractivity contribution is 5.81. The third kappa shape index (κ3) is 3.78. The molecule has 0 radical (unpaired) electrons. The second-order valence-corrected chi connectivity index (χ2v) is 7.19. The van der Waals surface area contributed by atoms with E-state index in [1.807, 2.05) is 0 Å². The van der Waals surface area contributed by atoms with Crippen LogP contribution in [0.4, 0.5) is 10.6 Å². The number of rotatable bonds is 3. The quantitative estimate of drug-likeness (QED) is 0.406. The standard InChI is InChI=1S/C15H22N6O6/c1-15(2,3)27-14(24)21(25)4-7-9(22)10(23)13(26-7)20-6-19-8-11(16)17-5-18-12(8)20/h5-7,9-10,13,22-23,25H,4H2,1-3H3,(H2,16,17,18)/t7-,9-,10-,13-/m1/s1. The minimum atomic E-state index is -1.37. The van der Waals surface area contributed by atoms with Crippen LogP contribution < -0.4 is 5.73 Å². The Morgan fingerprint density at radius 3 is 2.70 bits per heavy atom. The number of nitrogens with two attached hydrogens (primary N) is 1. The van der Waals surface area contributed by atoms with Gasteiger partial charge < -0.3 is 25.4 Å². The van der Waals surface area contributed by atoms with Gasteiger partial charge in [-0.25, -0.2) is 19.7 Å². The number of amides is 1. The van der Waals surface area contributed by atoms with Crippen molar-refractivity contribution in [2.45, 2.75) is 50.9 Å². The van der Waals surface area contributed by atoms with Gasteiger partial charge in [-0.05, 0) is 20.8 Å². The van der Waals surface area contributed by atoms with Crippen molar-refractivity contribution >= 4 is 23.1 Å². The zero-order valence-electron chi connectivity index (χ0n) is 15.1. The van der Waals surface area contributed by atoms with Crippen molar-refractivity contribution in [3.8, 4) is 0 Å². The first-order valence-corrected chi connectivity index (χ1v) is 8.22. The minimum Gasteiger partial charge on any atom is -0.442 e. The number of carbonyl (C=O) groups is 1. The highest BCUT2D eigenvalue weighted by Crippen LogP contribution is 2.32. The summed E-state index contributed by atoms with van der Waals surface area (Å²) in [7, 11) is 0. The number of aliphatic hydroxyl groups is 2. The summed E-state index contributed by atoms with van der Waals surface area (Å²) in [5.41, 5.74) is 5.57. The van der Waals surface area contributed by atoms with Crippen LogP contribution in [0.1, 0.15) is 27.0 Å². The van der Waals surface area contributed by atoms with Crippen molar-refractivity contribution < 1.29 is 29.7 Å². The summed E-state index contributed by atoms with van der Waals surface area (Å²) in [6.07, 6.45) is -3.24. The number of nitrogen functional groups attached to an aromatic ring is 1. The number of ether oxygens (including phenoxy) is 2. The molecule has 3 heterocycles. The first-order chi connectivity index (χ1) is 12.6. The van der Waals surface area contributed by atoms with Gasteiger partial charge in [-0.15, -0.1) is 0 Å². The van der Waals surface area contributed by atoms with Crippen LogP contribution in [0.3, 0.4) is 0 Å². The number of aromatic nitrogens is 4. The Kier molecular flexibility index (Phi) is 4.90. The molecule has 1 aliphatic heterocycles. The van der Waals surface area contributed by atoms with E-state index in [1.165, 1.54) is 17.2 Å². The van der Waals surface area contributed by atoms with Crippen molar-refractivity contribution in [1.82, 2.24) is 24.6 Å². The molecule has 0 bridgehead atoms. The lowest BCUT2D eigenvalue weighted by atomic mass is 10.1.